The summed E-state index contributed by atoms with van der Waals surface area (Å²) < 4.78 is 35.7. The second kappa shape index (κ2) is 2.70. The minimum Gasteiger partial charge on any atom is -0.201 e. The van der Waals surface area contributed by atoms with Gasteiger partial charge in [-0.2, -0.15) is 13.2 Å². The molecule has 60 valence electrons. The second-order valence-corrected chi connectivity index (χ2v) is 2.33. The van der Waals surface area contributed by atoms with Crippen molar-refractivity contribution in [3.63, 3.8) is 0 Å². The van der Waals surface area contributed by atoms with Gasteiger partial charge in [-0.1, -0.05) is 0 Å². The summed E-state index contributed by atoms with van der Waals surface area (Å²) in [4.78, 5) is 2.41. The predicted molar refractivity (Wildman–Crippen MR) is 33.0 cm³/mol. The van der Waals surface area contributed by atoms with Crippen LogP contribution in [0.2, 0.25) is 5.15 Å². The van der Waals surface area contributed by atoms with E-state index in [4.69, 9.17) is 11.6 Å². The normalized spacial score (nSPS) is 11.6. The van der Waals surface area contributed by atoms with E-state index in [-0.39, 0.29) is 5.15 Å². The van der Waals surface area contributed by atoms with Gasteiger partial charge in [-0.3, -0.25) is 0 Å². The molecule has 1 aromatic heterocycles. The molecule has 0 atom stereocenters. The number of aromatic amines is 1. The Bertz CT molecular complexity index is 258. The third-order valence-electron chi connectivity index (χ3n) is 1.09. The van der Waals surface area contributed by atoms with Gasteiger partial charge in [0.05, 0.1) is 5.56 Å². The van der Waals surface area contributed by atoms with Gasteiger partial charge in [-0.25, -0.2) is 4.98 Å². The SMILES string of the molecule is FC(F)(F)c1cc[nH+]c(Cl)c1. The molecule has 0 aromatic carbocycles. The van der Waals surface area contributed by atoms with Gasteiger partial charge in [-0.05, 0) is 11.6 Å². The van der Waals surface area contributed by atoms with Crippen LogP contribution in [-0.2, 0) is 6.18 Å². The van der Waals surface area contributed by atoms with Crippen molar-refractivity contribution in [1.29, 1.82) is 0 Å². The summed E-state index contributed by atoms with van der Waals surface area (Å²) in [5.74, 6) is 0. The van der Waals surface area contributed by atoms with Crippen molar-refractivity contribution in [2.24, 2.45) is 0 Å². The Hall–Kier alpha value is -0.770. The number of nitrogens with one attached hydrogen (secondary N) is 1. The van der Waals surface area contributed by atoms with E-state index in [0.717, 1.165) is 18.3 Å². The highest BCUT2D eigenvalue weighted by Crippen LogP contribution is 2.28. The average molecular weight is 183 g/mol. The van der Waals surface area contributed by atoms with Gasteiger partial charge in [-0.15, -0.1) is 0 Å². The van der Waals surface area contributed by atoms with Gasteiger partial charge in [0.15, 0.2) is 6.20 Å². The third kappa shape index (κ3) is 2.08. The molecule has 1 nitrogen and oxygen atoms in total. The summed E-state index contributed by atoms with van der Waals surface area (Å²) in [5.41, 5.74) is -0.749. The first-order chi connectivity index (χ1) is 5.00. The van der Waals surface area contributed by atoms with Crippen LogP contribution in [0.4, 0.5) is 13.2 Å². The number of rotatable bonds is 0. The van der Waals surface area contributed by atoms with Crippen LogP contribution in [0.5, 0.6) is 0 Å². The smallest absolute Gasteiger partial charge is 0.201 e. The molecule has 0 amide bonds. The highest BCUT2D eigenvalue weighted by Gasteiger charge is 2.31. The maximum atomic E-state index is 11.9. The Morgan fingerprint density at radius 3 is 2.36 bits per heavy atom. The first kappa shape index (κ1) is 8.33. The number of pyridine rings is 1. The molecule has 0 fully saturated rings. The summed E-state index contributed by atoms with van der Waals surface area (Å²) in [7, 11) is 0. The zero-order chi connectivity index (χ0) is 8.48. The second-order valence-electron chi connectivity index (χ2n) is 1.92. The van der Waals surface area contributed by atoms with Crippen molar-refractivity contribution in [3.05, 3.63) is 29.0 Å². The van der Waals surface area contributed by atoms with Crippen LogP contribution in [0.15, 0.2) is 18.3 Å². The van der Waals surface area contributed by atoms with Gasteiger partial charge in [0, 0.05) is 12.1 Å². The number of H-pyrrole nitrogens is 1. The van der Waals surface area contributed by atoms with Crippen LogP contribution in [0.3, 0.4) is 0 Å². The zero-order valence-electron chi connectivity index (χ0n) is 5.24. The summed E-state index contributed by atoms with van der Waals surface area (Å²) in [6, 6.07) is 1.76. The standard InChI is InChI=1S/C6H3ClF3N/c7-5-3-4(1-2-11-5)6(8,9)10/h1-3H/p+1. The Kier molecular flexibility index (Phi) is 2.04. The molecule has 0 saturated carbocycles. The lowest BCUT2D eigenvalue weighted by Gasteiger charge is -2.02. The van der Waals surface area contributed by atoms with Gasteiger partial charge < -0.3 is 0 Å². The van der Waals surface area contributed by atoms with Crippen molar-refractivity contribution in [2.75, 3.05) is 0 Å². The van der Waals surface area contributed by atoms with Gasteiger partial charge >= 0.3 is 6.18 Å². The molecule has 0 bridgehead atoms. The van der Waals surface area contributed by atoms with Gasteiger partial charge in [0.25, 0.3) is 5.15 Å². The molecular formula is C6H4ClF3N+. The van der Waals surface area contributed by atoms with E-state index in [1.807, 2.05) is 0 Å². The summed E-state index contributed by atoms with van der Waals surface area (Å²) in [6.07, 6.45) is -3.18. The Balaban J connectivity index is 3.06. The molecule has 0 radical (unpaired) electrons. The van der Waals surface area contributed by atoms with E-state index in [1.54, 1.807) is 0 Å². The Morgan fingerprint density at radius 1 is 1.36 bits per heavy atom. The van der Waals surface area contributed by atoms with Crippen molar-refractivity contribution in [3.8, 4) is 0 Å². The van der Waals surface area contributed by atoms with Crippen LogP contribution in [0.1, 0.15) is 5.56 Å². The summed E-state index contributed by atoms with van der Waals surface area (Å²) in [5, 5.41) is -0.0279. The molecular weight excluding hydrogens is 179 g/mol. The molecule has 1 heterocycles. The number of alkyl halides is 3. The zero-order valence-corrected chi connectivity index (χ0v) is 6.00. The van der Waals surface area contributed by atoms with E-state index in [0.29, 0.717) is 0 Å². The maximum absolute atomic E-state index is 11.9. The maximum Gasteiger partial charge on any atom is 0.416 e. The van der Waals surface area contributed by atoms with Crippen LogP contribution >= 0.6 is 11.6 Å². The molecule has 11 heavy (non-hydrogen) atoms. The van der Waals surface area contributed by atoms with Crippen molar-refractivity contribution in [1.82, 2.24) is 0 Å². The molecule has 0 spiro atoms. The van der Waals surface area contributed by atoms with E-state index in [9.17, 15) is 13.2 Å². The molecule has 0 aliphatic carbocycles. The highest BCUT2D eigenvalue weighted by atomic mass is 35.5. The number of aromatic nitrogens is 1. The monoisotopic (exact) mass is 182 g/mol. The molecule has 1 N–H and O–H groups in total. The topological polar surface area (TPSA) is 14.1 Å². The lowest BCUT2D eigenvalue weighted by atomic mass is 10.3. The van der Waals surface area contributed by atoms with Crippen molar-refractivity contribution < 1.29 is 18.2 Å². The lowest BCUT2D eigenvalue weighted by molar-refractivity contribution is -0.376. The van der Waals surface area contributed by atoms with Crippen LogP contribution in [0.25, 0.3) is 0 Å². The van der Waals surface area contributed by atoms with Crippen molar-refractivity contribution in [2.45, 2.75) is 6.18 Å². The number of hydrogen-bond acceptors (Lipinski definition) is 0. The fraction of sp³-hybridized carbons (Fsp3) is 0.167. The molecule has 1 rings (SSSR count). The Labute approximate surface area is 65.8 Å². The van der Waals surface area contributed by atoms with Crippen LogP contribution in [-0.4, -0.2) is 0 Å². The van der Waals surface area contributed by atoms with E-state index < -0.39 is 11.7 Å². The summed E-state index contributed by atoms with van der Waals surface area (Å²) >= 11 is 5.30. The summed E-state index contributed by atoms with van der Waals surface area (Å²) in [6.45, 7) is 0. The molecule has 0 aliphatic rings. The first-order valence-corrected chi connectivity index (χ1v) is 3.12. The fourth-order valence-electron chi connectivity index (χ4n) is 0.614. The minimum absolute atomic E-state index is 0.0279. The minimum atomic E-state index is -4.32. The third-order valence-corrected chi connectivity index (χ3v) is 1.31. The molecule has 0 unspecified atom stereocenters. The average Bonchev–Trinajstić information content (AvgIpc) is 1.86. The lowest BCUT2D eigenvalue weighted by Crippen LogP contribution is -2.09. The van der Waals surface area contributed by atoms with Gasteiger partial charge in [0.1, 0.15) is 0 Å². The van der Waals surface area contributed by atoms with E-state index >= 15 is 0 Å². The molecule has 0 aliphatic heterocycles. The molecule has 0 saturated heterocycles. The van der Waals surface area contributed by atoms with Crippen LogP contribution in [0, 0.1) is 0 Å². The molecule has 5 heteroatoms. The van der Waals surface area contributed by atoms with Crippen molar-refractivity contribution >= 4 is 11.6 Å². The quantitative estimate of drug-likeness (QED) is 0.546. The van der Waals surface area contributed by atoms with Crippen LogP contribution < -0.4 is 4.98 Å². The first-order valence-electron chi connectivity index (χ1n) is 2.74. The van der Waals surface area contributed by atoms with Gasteiger partial charge in [0.2, 0.25) is 0 Å². The number of halogens is 4. The van der Waals surface area contributed by atoms with E-state index in [2.05, 4.69) is 4.98 Å². The predicted octanol–water partition coefficient (Wildman–Crippen LogP) is 2.17. The fourth-order valence-corrected chi connectivity index (χ4v) is 0.794. The Morgan fingerprint density at radius 2 is 2.00 bits per heavy atom. The molecule has 1 aromatic rings. The highest BCUT2D eigenvalue weighted by molar-refractivity contribution is 6.28. The van der Waals surface area contributed by atoms with E-state index in [1.165, 1.54) is 0 Å². The number of hydrogen-bond donors (Lipinski definition) is 0. The largest absolute Gasteiger partial charge is 0.416 e.